The molecule has 0 aromatic carbocycles. The summed E-state index contributed by atoms with van der Waals surface area (Å²) in [5.41, 5.74) is 5.64. The fourth-order valence-electron chi connectivity index (χ4n) is 2.30. The highest BCUT2D eigenvalue weighted by atomic mass is 32.1. The highest BCUT2D eigenvalue weighted by Crippen LogP contribution is 2.11. The van der Waals surface area contributed by atoms with Gasteiger partial charge in [-0.25, -0.2) is 0 Å². The van der Waals surface area contributed by atoms with Crippen LogP contribution in [0.4, 0.5) is 0 Å². The smallest absolute Gasteiger partial charge is 0.322 e. The molecule has 0 aliphatic rings. The van der Waals surface area contributed by atoms with Crippen LogP contribution >= 0.6 is 12.6 Å². The minimum atomic E-state index is -0.504. The summed E-state index contributed by atoms with van der Waals surface area (Å²) in [5, 5.41) is 0. The van der Waals surface area contributed by atoms with E-state index in [9.17, 15) is 4.79 Å². The second kappa shape index (κ2) is 16.2. The number of unbranched alkanes of at least 4 members (excludes halogenated alkanes) is 10. The molecule has 0 aliphatic heterocycles. The van der Waals surface area contributed by atoms with Crippen molar-refractivity contribution in [2.75, 3.05) is 12.4 Å². The van der Waals surface area contributed by atoms with Crippen molar-refractivity contribution in [2.24, 2.45) is 5.73 Å². The summed E-state index contributed by atoms with van der Waals surface area (Å²) in [6.45, 7) is 2.77. The van der Waals surface area contributed by atoms with Crippen LogP contribution in [0.5, 0.6) is 0 Å². The number of carbonyl (C=O) groups is 1. The number of esters is 1. The Labute approximate surface area is 136 Å². The largest absolute Gasteiger partial charge is 0.465 e. The van der Waals surface area contributed by atoms with Crippen LogP contribution in [0.2, 0.25) is 0 Å². The molecule has 0 unspecified atom stereocenters. The van der Waals surface area contributed by atoms with Gasteiger partial charge in [-0.15, -0.1) is 0 Å². The third-order valence-electron chi connectivity index (χ3n) is 3.74. The molecule has 0 radical (unpaired) electrons. The molecule has 0 spiro atoms. The minimum Gasteiger partial charge on any atom is -0.465 e. The van der Waals surface area contributed by atoms with Gasteiger partial charge in [-0.1, -0.05) is 71.1 Å². The van der Waals surface area contributed by atoms with Crippen LogP contribution in [0.25, 0.3) is 0 Å². The van der Waals surface area contributed by atoms with Crippen molar-refractivity contribution < 1.29 is 9.53 Å². The van der Waals surface area contributed by atoms with Gasteiger partial charge in [0.15, 0.2) is 0 Å². The first-order valence-corrected chi connectivity index (χ1v) is 9.38. The lowest BCUT2D eigenvalue weighted by atomic mass is 10.1. The maximum atomic E-state index is 11.4. The molecular weight excluding hydrogens is 282 g/mol. The number of hydrogen-bond acceptors (Lipinski definition) is 4. The van der Waals surface area contributed by atoms with Crippen LogP contribution < -0.4 is 5.73 Å². The van der Waals surface area contributed by atoms with E-state index < -0.39 is 6.04 Å². The van der Waals surface area contributed by atoms with Crippen molar-refractivity contribution in [1.29, 1.82) is 0 Å². The Morgan fingerprint density at radius 2 is 1.43 bits per heavy atom. The lowest BCUT2D eigenvalue weighted by molar-refractivity contribution is -0.145. The van der Waals surface area contributed by atoms with Crippen molar-refractivity contribution in [3.8, 4) is 0 Å². The Morgan fingerprint density at radius 1 is 0.952 bits per heavy atom. The molecule has 1 atom stereocenters. The van der Waals surface area contributed by atoms with Gasteiger partial charge in [0.25, 0.3) is 0 Å². The second-order valence-electron chi connectivity index (χ2n) is 5.82. The van der Waals surface area contributed by atoms with Crippen LogP contribution in [-0.2, 0) is 9.53 Å². The van der Waals surface area contributed by atoms with Gasteiger partial charge in [0.05, 0.1) is 6.61 Å². The summed E-state index contributed by atoms with van der Waals surface area (Å²) in [6, 6.07) is -0.504. The van der Waals surface area contributed by atoms with Crippen molar-refractivity contribution >= 4 is 18.6 Å². The zero-order valence-electron chi connectivity index (χ0n) is 13.8. The van der Waals surface area contributed by atoms with Crippen LogP contribution in [-0.4, -0.2) is 24.4 Å². The molecule has 3 nitrogen and oxygen atoms in total. The molecule has 0 heterocycles. The van der Waals surface area contributed by atoms with Crippen LogP contribution in [0.15, 0.2) is 0 Å². The zero-order chi connectivity index (χ0) is 15.8. The normalized spacial score (nSPS) is 12.3. The molecular formula is C17H35NO2S. The van der Waals surface area contributed by atoms with Gasteiger partial charge in [0.2, 0.25) is 0 Å². The van der Waals surface area contributed by atoms with Gasteiger partial charge >= 0.3 is 5.97 Å². The van der Waals surface area contributed by atoms with E-state index in [1.165, 1.54) is 57.8 Å². The van der Waals surface area contributed by atoms with Crippen molar-refractivity contribution in [3.63, 3.8) is 0 Å². The lowest BCUT2D eigenvalue weighted by Crippen LogP contribution is -2.32. The van der Waals surface area contributed by atoms with Gasteiger partial charge in [0, 0.05) is 0 Å². The quantitative estimate of drug-likeness (QED) is 0.266. The number of hydrogen-bond donors (Lipinski definition) is 2. The standard InChI is InChI=1S/C17H35NO2S/c1-2-3-4-5-6-7-8-9-10-11-12-14-20-17(19)16(18)13-15-21/h16,21H,2-15,18H2,1H3/t16-/m1/s1. The van der Waals surface area contributed by atoms with E-state index in [0.29, 0.717) is 18.8 Å². The van der Waals surface area contributed by atoms with E-state index >= 15 is 0 Å². The van der Waals surface area contributed by atoms with Crippen molar-refractivity contribution in [2.45, 2.75) is 90.0 Å². The Bertz CT molecular complexity index is 237. The van der Waals surface area contributed by atoms with Gasteiger partial charge in [-0.05, 0) is 18.6 Å². The molecule has 0 saturated heterocycles. The third kappa shape index (κ3) is 14.5. The molecule has 0 amide bonds. The predicted molar refractivity (Wildman–Crippen MR) is 93.9 cm³/mol. The van der Waals surface area contributed by atoms with E-state index in [1.54, 1.807) is 0 Å². The monoisotopic (exact) mass is 317 g/mol. The maximum absolute atomic E-state index is 11.4. The number of nitrogens with two attached hydrogens (primary N) is 1. The number of rotatable bonds is 15. The third-order valence-corrected chi connectivity index (χ3v) is 3.99. The second-order valence-corrected chi connectivity index (χ2v) is 6.27. The number of carbonyl (C=O) groups excluding carboxylic acids is 1. The molecule has 0 aromatic heterocycles. The SMILES string of the molecule is CCCCCCCCCCCCCOC(=O)[C@H](N)CCS. The average Bonchev–Trinajstić information content (AvgIpc) is 2.48. The van der Waals surface area contributed by atoms with E-state index in [2.05, 4.69) is 19.6 Å². The zero-order valence-corrected chi connectivity index (χ0v) is 14.7. The summed E-state index contributed by atoms with van der Waals surface area (Å²) >= 11 is 4.06. The van der Waals surface area contributed by atoms with Crippen molar-refractivity contribution in [3.05, 3.63) is 0 Å². The van der Waals surface area contributed by atoms with E-state index in [1.807, 2.05) is 0 Å². The van der Waals surface area contributed by atoms with Gasteiger partial charge in [-0.3, -0.25) is 4.79 Å². The number of ether oxygens (including phenoxy) is 1. The summed E-state index contributed by atoms with van der Waals surface area (Å²) < 4.78 is 5.14. The first-order valence-electron chi connectivity index (χ1n) is 8.75. The number of thiol groups is 1. The first-order chi connectivity index (χ1) is 10.2. The van der Waals surface area contributed by atoms with E-state index in [4.69, 9.17) is 10.5 Å². The first kappa shape index (κ1) is 20.8. The lowest BCUT2D eigenvalue weighted by Gasteiger charge is -2.10. The molecule has 0 aromatic rings. The van der Waals surface area contributed by atoms with Gasteiger partial charge < -0.3 is 10.5 Å². The van der Waals surface area contributed by atoms with Crippen molar-refractivity contribution in [1.82, 2.24) is 0 Å². The summed E-state index contributed by atoms with van der Waals surface area (Å²) in [6.07, 6.45) is 14.8. The van der Waals surface area contributed by atoms with E-state index in [0.717, 1.165) is 12.8 Å². The Morgan fingerprint density at radius 3 is 1.90 bits per heavy atom. The molecule has 21 heavy (non-hydrogen) atoms. The predicted octanol–water partition coefficient (Wildman–Crippen LogP) is 4.49. The average molecular weight is 318 g/mol. The highest BCUT2D eigenvalue weighted by molar-refractivity contribution is 7.80. The summed E-state index contributed by atoms with van der Waals surface area (Å²) in [7, 11) is 0. The molecule has 4 heteroatoms. The van der Waals surface area contributed by atoms with Crippen LogP contribution in [0.1, 0.15) is 84.0 Å². The molecule has 2 N–H and O–H groups in total. The molecule has 0 bridgehead atoms. The Hall–Kier alpha value is -0.220. The fraction of sp³-hybridized carbons (Fsp3) is 0.941. The molecule has 0 saturated carbocycles. The Balaban J connectivity index is 3.17. The van der Waals surface area contributed by atoms with Gasteiger partial charge in [-0.2, -0.15) is 12.6 Å². The molecule has 0 aliphatic carbocycles. The topological polar surface area (TPSA) is 52.3 Å². The Kier molecular flexibility index (Phi) is 16.0. The summed E-state index contributed by atoms with van der Waals surface area (Å²) in [5.74, 6) is 0.338. The van der Waals surface area contributed by atoms with Crippen LogP contribution in [0.3, 0.4) is 0 Å². The van der Waals surface area contributed by atoms with E-state index in [-0.39, 0.29) is 5.97 Å². The minimum absolute atomic E-state index is 0.281. The fourth-order valence-corrected chi connectivity index (χ4v) is 2.58. The maximum Gasteiger partial charge on any atom is 0.322 e. The highest BCUT2D eigenvalue weighted by Gasteiger charge is 2.13. The van der Waals surface area contributed by atoms with Crippen LogP contribution in [0, 0.1) is 0 Å². The molecule has 0 fully saturated rings. The molecule has 126 valence electrons. The summed E-state index contributed by atoms with van der Waals surface area (Å²) in [4.78, 5) is 11.4. The van der Waals surface area contributed by atoms with Gasteiger partial charge in [0.1, 0.15) is 6.04 Å². The molecule has 0 rings (SSSR count).